The highest BCUT2D eigenvalue weighted by Gasteiger charge is 2.14. The number of anilines is 2. The van der Waals surface area contributed by atoms with Crippen molar-refractivity contribution < 1.29 is 14.3 Å². The number of carbonyl (C=O) groups excluding carboxylic acids is 2. The van der Waals surface area contributed by atoms with Crippen molar-refractivity contribution in [2.24, 2.45) is 0 Å². The van der Waals surface area contributed by atoms with Crippen LogP contribution in [-0.4, -0.2) is 17.9 Å². The lowest BCUT2D eigenvalue weighted by Gasteiger charge is -2.15. The fourth-order valence-electron chi connectivity index (χ4n) is 2.09. The molecule has 0 saturated heterocycles. The highest BCUT2D eigenvalue weighted by molar-refractivity contribution is 5.95. The van der Waals surface area contributed by atoms with Crippen molar-refractivity contribution in [2.45, 2.75) is 32.8 Å². The number of benzene rings is 2. The highest BCUT2D eigenvalue weighted by Crippen LogP contribution is 2.16. The molecule has 5 nitrogen and oxygen atoms in total. The van der Waals surface area contributed by atoms with Gasteiger partial charge in [-0.25, -0.2) is 0 Å². The zero-order valence-electron chi connectivity index (χ0n) is 13.9. The van der Waals surface area contributed by atoms with Crippen LogP contribution in [0.2, 0.25) is 0 Å². The van der Waals surface area contributed by atoms with Crippen LogP contribution in [0.25, 0.3) is 0 Å². The molecule has 1 atom stereocenters. The Kier molecular flexibility index (Phi) is 6.37. The lowest BCUT2D eigenvalue weighted by Crippen LogP contribution is -2.30. The maximum atomic E-state index is 12.2. The van der Waals surface area contributed by atoms with E-state index < -0.39 is 6.10 Å². The van der Waals surface area contributed by atoms with Crippen LogP contribution >= 0.6 is 0 Å². The Bertz CT molecular complexity index is 669. The van der Waals surface area contributed by atoms with Gasteiger partial charge in [0.1, 0.15) is 5.75 Å². The molecule has 0 fully saturated rings. The molecule has 1 unspecified atom stereocenters. The third-order valence-corrected chi connectivity index (χ3v) is 3.34. The van der Waals surface area contributed by atoms with Crippen molar-refractivity contribution in [1.82, 2.24) is 0 Å². The number of hydrogen-bond donors (Lipinski definition) is 2. The zero-order chi connectivity index (χ0) is 17.4. The molecule has 5 heteroatoms. The molecule has 2 N–H and O–H groups in total. The van der Waals surface area contributed by atoms with Crippen molar-refractivity contribution >= 4 is 23.2 Å². The van der Waals surface area contributed by atoms with Crippen LogP contribution in [0.4, 0.5) is 11.4 Å². The molecule has 0 saturated carbocycles. The van der Waals surface area contributed by atoms with Crippen LogP contribution in [0, 0.1) is 0 Å². The number of hydrogen-bond acceptors (Lipinski definition) is 3. The summed E-state index contributed by atoms with van der Waals surface area (Å²) >= 11 is 0. The second-order valence-corrected chi connectivity index (χ2v) is 5.44. The fourth-order valence-corrected chi connectivity index (χ4v) is 2.09. The van der Waals surface area contributed by atoms with Gasteiger partial charge in [0.25, 0.3) is 5.91 Å². The Morgan fingerprint density at radius 1 is 0.958 bits per heavy atom. The number of carbonyl (C=O) groups is 2. The van der Waals surface area contributed by atoms with Gasteiger partial charge in [0, 0.05) is 17.8 Å². The van der Waals surface area contributed by atoms with Crippen molar-refractivity contribution in [2.75, 3.05) is 10.6 Å². The Morgan fingerprint density at radius 3 is 2.12 bits per heavy atom. The van der Waals surface area contributed by atoms with Crippen LogP contribution < -0.4 is 15.4 Å². The third kappa shape index (κ3) is 5.43. The van der Waals surface area contributed by atoms with Gasteiger partial charge in [-0.2, -0.15) is 0 Å². The molecule has 0 aliphatic rings. The van der Waals surface area contributed by atoms with Crippen molar-refractivity contribution in [3.8, 4) is 5.75 Å². The monoisotopic (exact) mass is 326 g/mol. The van der Waals surface area contributed by atoms with Gasteiger partial charge in [0.05, 0.1) is 0 Å². The van der Waals surface area contributed by atoms with Crippen LogP contribution in [0.5, 0.6) is 5.75 Å². The Balaban J connectivity index is 1.88. The summed E-state index contributed by atoms with van der Waals surface area (Å²) in [5.74, 6) is 0.398. The van der Waals surface area contributed by atoms with E-state index in [0.717, 1.165) is 6.42 Å². The van der Waals surface area contributed by atoms with Crippen molar-refractivity contribution in [3.63, 3.8) is 0 Å². The summed E-state index contributed by atoms with van der Waals surface area (Å²) in [6.45, 7) is 3.65. The normalized spacial score (nSPS) is 11.4. The average molecular weight is 326 g/mol. The molecule has 2 aromatic carbocycles. The molecule has 126 valence electrons. The first-order valence-electron chi connectivity index (χ1n) is 8.01. The highest BCUT2D eigenvalue weighted by atomic mass is 16.5. The quantitative estimate of drug-likeness (QED) is 0.812. The van der Waals surface area contributed by atoms with Gasteiger partial charge in [-0.15, -0.1) is 0 Å². The first kappa shape index (κ1) is 17.5. The molecule has 0 aliphatic heterocycles. The molecule has 0 bridgehead atoms. The number of nitrogens with one attached hydrogen (secondary N) is 2. The summed E-state index contributed by atoms with van der Waals surface area (Å²) in [4.78, 5) is 23.7. The molecule has 0 aliphatic carbocycles. The first-order valence-corrected chi connectivity index (χ1v) is 8.01. The van der Waals surface area contributed by atoms with E-state index in [1.165, 1.54) is 0 Å². The summed E-state index contributed by atoms with van der Waals surface area (Å²) in [5, 5.41) is 5.59. The summed E-state index contributed by atoms with van der Waals surface area (Å²) in [6.07, 6.45) is 0.683. The van der Waals surface area contributed by atoms with Gasteiger partial charge in [-0.3, -0.25) is 9.59 Å². The van der Waals surface area contributed by atoms with Crippen LogP contribution in [-0.2, 0) is 9.59 Å². The summed E-state index contributed by atoms with van der Waals surface area (Å²) in [7, 11) is 0. The van der Waals surface area contributed by atoms with Gasteiger partial charge in [-0.1, -0.05) is 25.1 Å². The molecule has 0 spiro atoms. The predicted molar refractivity (Wildman–Crippen MR) is 95.1 cm³/mol. The Morgan fingerprint density at radius 2 is 1.54 bits per heavy atom. The van der Waals surface area contributed by atoms with E-state index in [9.17, 15) is 9.59 Å². The van der Waals surface area contributed by atoms with E-state index in [4.69, 9.17) is 4.74 Å². The molecular formula is C19H22N2O3. The van der Waals surface area contributed by atoms with E-state index in [1.54, 1.807) is 43.3 Å². The van der Waals surface area contributed by atoms with Gasteiger partial charge in [0.15, 0.2) is 6.10 Å². The van der Waals surface area contributed by atoms with E-state index in [-0.39, 0.29) is 11.8 Å². The predicted octanol–water partition coefficient (Wildman–Crippen LogP) is 3.83. The fraction of sp³-hybridized carbons (Fsp3) is 0.263. The topological polar surface area (TPSA) is 67.4 Å². The maximum absolute atomic E-state index is 12.2. The van der Waals surface area contributed by atoms with E-state index in [2.05, 4.69) is 10.6 Å². The Hall–Kier alpha value is -2.82. The molecule has 0 radical (unpaired) electrons. The molecule has 2 rings (SSSR count). The van der Waals surface area contributed by atoms with Gasteiger partial charge in [0.2, 0.25) is 5.91 Å². The molecule has 2 aromatic rings. The minimum absolute atomic E-state index is 0.0147. The summed E-state index contributed by atoms with van der Waals surface area (Å²) in [6, 6.07) is 16.2. The van der Waals surface area contributed by atoms with E-state index in [1.807, 2.05) is 25.1 Å². The average Bonchev–Trinajstić information content (AvgIpc) is 2.57. The second kappa shape index (κ2) is 8.72. The molecular weight excluding hydrogens is 304 g/mol. The van der Waals surface area contributed by atoms with Gasteiger partial charge in [-0.05, 0) is 49.7 Å². The summed E-state index contributed by atoms with van der Waals surface area (Å²) in [5.41, 5.74) is 1.36. The third-order valence-electron chi connectivity index (χ3n) is 3.34. The van der Waals surface area contributed by atoms with Gasteiger partial charge >= 0.3 is 0 Å². The number of ether oxygens (including phenoxy) is 1. The van der Waals surface area contributed by atoms with E-state index >= 15 is 0 Å². The number of para-hydroxylation sites is 1. The lowest BCUT2D eigenvalue weighted by molar-refractivity contribution is -0.122. The standard InChI is InChI=1S/C19H22N2O3/c1-3-7-18(22)20-15-10-12-16(13-11-15)21-19(23)14(2)24-17-8-5-4-6-9-17/h4-6,8-14H,3,7H2,1-2H3,(H,20,22)(H,21,23). The smallest absolute Gasteiger partial charge is 0.265 e. The van der Waals surface area contributed by atoms with Crippen LogP contribution in [0.15, 0.2) is 54.6 Å². The summed E-state index contributed by atoms with van der Waals surface area (Å²) < 4.78 is 5.58. The van der Waals surface area contributed by atoms with Crippen molar-refractivity contribution in [1.29, 1.82) is 0 Å². The second-order valence-electron chi connectivity index (χ2n) is 5.44. The lowest BCUT2D eigenvalue weighted by atomic mass is 10.2. The molecule has 24 heavy (non-hydrogen) atoms. The Labute approximate surface area is 142 Å². The molecule has 0 aromatic heterocycles. The zero-order valence-corrected chi connectivity index (χ0v) is 13.9. The van der Waals surface area contributed by atoms with E-state index in [0.29, 0.717) is 23.5 Å². The van der Waals surface area contributed by atoms with Gasteiger partial charge < -0.3 is 15.4 Å². The molecule has 2 amide bonds. The maximum Gasteiger partial charge on any atom is 0.265 e. The minimum Gasteiger partial charge on any atom is -0.481 e. The number of amides is 2. The SMILES string of the molecule is CCCC(=O)Nc1ccc(NC(=O)C(C)Oc2ccccc2)cc1. The van der Waals surface area contributed by atoms with Crippen LogP contribution in [0.1, 0.15) is 26.7 Å². The number of rotatable bonds is 7. The van der Waals surface area contributed by atoms with Crippen LogP contribution in [0.3, 0.4) is 0 Å². The first-order chi connectivity index (χ1) is 11.6. The molecule has 0 heterocycles. The minimum atomic E-state index is -0.615. The largest absolute Gasteiger partial charge is 0.481 e. The van der Waals surface area contributed by atoms with Crippen molar-refractivity contribution in [3.05, 3.63) is 54.6 Å².